The Balaban J connectivity index is 3.67. The van der Waals surface area contributed by atoms with Crippen LogP contribution in [0.25, 0.3) is 0 Å². The van der Waals surface area contributed by atoms with Crippen LogP contribution in [0.5, 0.6) is 0 Å². The standard InChI is InChI=1S/C13H20O4/c1-4-15-9-7-6-8-12(3)13(14)17-11-10-16-5-2/h4-5,8H,1-2,6-7,9-11H2,3H3. The molecule has 0 aromatic carbocycles. The molecule has 0 amide bonds. The number of esters is 1. The predicted molar refractivity (Wildman–Crippen MR) is 66.2 cm³/mol. The van der Waals surface area contributed by atoms with Crippen LogP contribution in [-0.4, -0.2) is 25.8 Å². The van der Waals surface area contributed by atoms with E-state index in [-0.39, 0.29) is 12.6 Å². The SMILES string of the molecule is C=COCCCC=C(C)C(=O)OCCOC=C. The Hall–Kier alpha value is -1.71. The maximum atomic E-state index is 11.4. The van der Waals surface area contributed by atoms with Crippen LogP contribution in [-0.2, 0) is 19.0 Å². The van der Waals surface area contributed by atoms with Crippen molar-refractivity contribution in [1.82, 2.24) is 0 Å². The average Bonchev–Trinajstić information content (AvgIpc) is 2.34. The highest BCUT2D eigenvalue weighted by Crippen LogP contribution is 2.01. The molecule has 0 bridgehead atoms. The van der Waals surface area contributed by atoms with E-state index in [0.29, 0.717) is 18.8 Å². The van der Waals surface area contributed by atoms with Gasteiger partial charge in [-0.05, 0) is 19.8 Å². The molecule has 4 heteroatoms. The van der Waals surface area contributed by atoms with Gasteiger partial charge in [-0.15, -0.1) is 0 Å². The minimum atomic E-state index is -0.317. The Morgan fingerprint density at radius 3 is 2.41 bits per heavy atom. The van der Waals surface area contributed by atoms with Gasteiger partial charge in [-0.25, -0.2) is 4.79 Å². The lowest BCUT2D eigenvalue weighted by molar-refractivity contribution is -0.140. The fraction of sp³-hybridized carbons (Fsp3) is 0.462. The van der Waals surface area contributed by atoms with Crippen LogP contribution in [0.1, 0.15) is 19.8 Å². The maximum absolute atomic E-state index is 11.4. The molecule has 0 rings (SSSR count). The van der Waals surface area contributed by atoms with E-state index in [2.05, 4.69) is 13.2 Å². The molecule has 0 aliphatic heterocycles. The zero-order chi connectivity index (χ0) is 12.9. The Labute approximate surface area is 103 Å². The van der Waals surface area contributed by atoms with Crippen molar-refractivity contribution in [3.63, 3.8) is 0 Å². The average molecular weight is 240 g/mol. The van der Waals surface area contributed by atoms with Gasteiger partial charge in [0.1, 0.15) is 13.2 Å². The Morgan fingerprint density at radius 2 is 1.76 bits per heavy atom. The van der Waals surface area contributed by atoms with Crippen LogP contribution < -0.4 is 0 Å². The second kappa shape index (κ2) is 10.8. The lowest BCUT2D eigenvalue weighted by Gasteiger charge is -2.04. The van der Waals surface area contributed by atoms with E-state index in [0.717, 1.165) is 12.8 Å². The molecule has 0 aromatic heterocycles. The van der Waals surface area contributed by atoms with Gasteiger partial charge in [0.15, 0.2) is 0 Å². The fourth-order valence-corrected chi connectivity index (χ4v) is 1.03. The maximum Gasteiger partial charge on any atom is 0.333 e. The van der Waals surface area contributed by atoms with E-state index >= 15 is 0 Å². The third-order valence-corrected chi connectivity index (χ3v) is 1.91. The zero-order valence-electron chi connectivity index (χ0n) is 10.3. The highest BCUT2D eigenvalue weighted by Gasteiger charge is 2.04. The number of allylic oxidation sites excluding steroid dienone is 1. The van der Waals surface area contributed by atoms with Crippen molar-refractivity contribution < 1.29 is 19.0 Å². The van der Waals surface area contributed by atoms with Crippen LogP contribution in [0, 0.1) is 0 Å². The molecule has 0 radical (unpaired) electrons. The largest absolute Gasteiger partial charge is 0.502 e. The third-order valence-electron chi connectivity index (χ3n) is 1.91. The number of hydrogen-bond acceptors (Lipinski definition) is 4. The lowest BCUT2D eigenvalue weighted by Crippen LogP contribution is -2.10. The second-order valence-corrected chi connectivity index (χ2v) is 3.24. The number of rotatable bonds is 10. The number of carbonyl (C=O) groups excluding carboxylic acids is 1. The molecule has 0 saturated carbocycles. The lowest BCUT2D eigenvalue weighted by atomic mass is 10.2. The van der Waals surface area contributed by atoms with Crippen molar-refractivity contribution in [1.29, 1.82) is 0 Å². The summed E-state index contributed by atoms with van der Waals surface area (Å²) in [6, 6.07) is 0. The summed E-state index contributed by atoms with van der Waals surface area (Å²) in [5.74, 6) is -0.317. The Morgan fingerprint density at radius 1 is 1.12 bits per heavy atom. The quantitative estimate of drug-likeness (QED) is 0.255. The third kappa shape index (κ3) is 9.23. The van der Waals surface area contributed by atoms with Gasteiger partial charge in [-0.3, -0.25) is 0 Å². The Kier molecular flexibility index (Phi) is 9.71. The predicted octanol–water partition coefficient (Wildman–Crippen LogP) is 2.58. The van der Waals surface area contributed by atoms with Gasteiger partial charge in [0.25, 0.3) is 0 Å². The smallest absolute Gasteiger partial charge is 0.333 e. The second-order valence-electron chi connectivity index (χ2n) is 3.24. The molecular formula is C13H20O4. The number of ether oxygens (including phenoxy) is 3. The first-order chi connectivity index (χ1) is 8.22. The molecule has 0 fully saturated rings. The van der Waals surface area contributed by atoms with E-state index in [1.165, 1.54) is 12.5 Å². The number of carbonyl (C=O) groups is 1. The van der Waals surface area contributed by atoms with E-state index in [9.17, 15) is 4.79 Å². The summed E-state index contributed by atoms with van der Waals surface area (Å²) >= 11 is 0. The highest BCUT2D eigenvalue weighted by atomic mass is 16.6. The highest BCUT2D eigenvalue weighted by molar-refractivity contribution is 5.87. The molecule has 0 spiro atoms. The number of hydrogen-bond donors (Lipinski definition) is 0. The van der Waals surface area contributed by atoms with E-state index < -0.39 is 0 Å². The number of unbranched alkanes of at least 4 members (excludes halogenated alkanes) is 1. The molecule has 0 atom stereocenters. The Bertz CT molecular complexity index is 269. The van der Waals surface area contributed by atoms with E-state index in [1.807, 2.05) is 6.08 Å². The first-order valence-electron chi connectivity index (χ1n) is 5.51. The minimum Gasteiger partial charge on any atom is -0.502 e. The van der Waals surface area contributed by atoms with Gasteiger partial charge in [0.05, 0.1) is 19.1 Å². The summed E-state index contributed by atoms with van der Waals surface area (Å²) < 4.78 is 14.7. The van der Waals surface area contributed by atoms with Gasteiger partial charge >= 0.3 is 5.97 Å². The fourth-order valence-electron chi connectivity index (χ4n) is 1.03. The summed E-state index contributed by atoms with van der Waals surface area (Å²) in [6.45, 7) is 9.72. The summed E-state index contributed by atoms with van der Waals surface area (Å²) in [4.78, 5) is 11.4. The molecule has 0 N–H and O–H groups in total. The topological polar surface area (TPSA) is 44.8 Å². The van der Waals surface area contributed by atoms with Crippen LogP contribution in [0.4, 0.5) is 0 Å². The molecule has 17 heavy (non-hydrogen) atoms. The molecule has 4 nitrogen and oxygen atoms in total. The molecular weight excluding hydrogens is 220 g/mol. The van der Waals surface area contributed by atoms with Crippen molar-refractivity contribution in [3.8, 4) is 0 Å². The van der Waals surface area contributed by atoms with Crippen LogP contribution >= 0.6 is 0 Å². The van der Waals surface area contributed by atoms with Crippen LogP contribution in [0.15, 0.2) is 37.3 Å². The van der Waals surface area contributed by atoms with Crippen molar-refractivity contribution >= 4 is 5.97 Å². The van der Waals surface area contributed by atoms with E-state index in [1.54, 1.807) is 6.92 Å². The normalized spacial score (nSPS) is 10.5. The summed E-state index contributed by atoms with van der Waals surface area (Å²) in [5, 5.41) is 0. The summed E-state index contributed by atoms with van der Waals surface area (Å²) in [7, 11) is 0. The molecule has 96 valence electrons. The van der Waals surface area contributed by atoms with Gasteiger partial charge < -0.3 is 14.2 Å². The van der Waals surface area contributed by atoms with Crippen molar-refractivity contribution in [2.75, 3.05) is 19.8 Å². The monoisotopic (exact) mass is 240 g/mol. The first kappa shape index (κ1) is 15.3. The van der Waals surface area contributed by atoms with Gasteiger partial charge in [0.2, 0.25) is 0 Å². The van der Waals surface area contributed by atoms with Crippen molar-refractivity contribution in [3.05, 3.63) is 37.3 Å². The molecule has 0 heterocycles. The van der Waals surface area contributed by atoms with Crippen molar-refractivity contribution in [2.24, 2.45) is 0 Å². The van der Waals surface area contributed by atoms with E-state index in [4.69, 9.17) is 14.2 Å². The van der Waals surface area contributed by atoms with Crippen LogP contribution in [0.3, 0.4) is 0 Å². The van der Waals surface area contributed by atoms with Crippen LogP contribution in [0.2, 0.25) is 0 Å². The minimum absolute atomic E-state index is 0.232. The molecule has 0 saturated heterocycles. The summed E-state index contributed by atoms with van der Waals surface area (Å²) in [5.41, 5.74) is 0.599. The first-order valence-corrected chi connectivity index (χ1v) is 5.51. The molecule has 0 unspecified atom stereocenters. The van der Waals surface area contributed by atoms with Gasteiger partial charge in [-0.2, -0.15) is 0 Å². The zero-order valence-corrected chi connectivity index (χ0v) is 10.3. The molecule has 0 aliphatic rings. The molecule has 0 aromatic rings. The van der Waals surface area contributed by atoms with Gasteiger partial charge in [0, 0.05) is 5.57 Å². The van der Waals surface area contributed by atoms with Crippen molar-refractivity contribution in [2.45, 2.75) is 19.8 Å². The summed E-state index contributed by atoms with van der Waals surface area (Å²) in [6.07, 6.45) is 6.18. The molecule has 0 aliphatic carbocycles. The van der Waals surface area contributed by atoms with Gasteiger partial charge in [-0.1, -0.05) is 19.2 Å².